The van der Waals surface area contributed by atoms with Crippen molar-refractivity contribution in [2.45, 2.75) is 63.3 Å². The Bertz CT molecular complexity index is 803. The van der Waals surface area contributed by atoms with E-state index in [9.17, 15) is 5.11 Å². The van der Waals surface area contributed by atoms with Crippen molar-refractivity contribution in [3.05, 3.63) is 12.3 Å². The van der Waals surface area contributed by atoms with Crippen LogP contribution in [0.3, 0.4) is 0 Å². The Morgan fingerprint density at radius 2 is 2.08 bits per heavy atom. The maximum atomic E-state index is 10.4. The van der Waals surface area contributed by atoms with Gasteiger partial charge in [0.25, 0.3) is 0 Å². The minimum absolute atomic E-state index is 0.272. The van der Waals surface area contributed by atoms with Crippen LogP contribution in [-0.2, 0) is 4.74 Å². The van der Waals surface area contributed by atoms with E-state index in [-0.39, 0.29) is 6.04 Å². The molecule has 7 heteroatoms. The number of piperidine rings is 1. The number of ether oxygens (including phenoxy) is 1. The van der Waals surface area contributed by atoms with Crippen molar-refractivity contribution in [3.8, 4) is 0 Å². The van der Waals surface area contributed by atoms with Crippen molar-refractivity contribution >= 4 is 22.5 Å². The van der Waals surface area contributed by atoms with E-state index in [1.54, 1.807) is 0 Å². The van der Waals surface area contributed by atoms with Crippen LogP contribution >= 0.6 is 0 Å². The van der Waals surface area contributed by atoms with Gasteiger partial charge in [0.2, 0.25) is 0 Å². The number of aromatic nitrogens is 3. The number of morpholine rings is 1. The van der Waals surface area contributed by atoms with Gasteiger partial charge in [0.05, 0.1) is 48.2 Å². The van der Waals surface area contributed by atoms with Crippen molar-refractivity contribution in [3.63, 3.8) is 0 Å². The molecule has 0 spiro atoms. The zero-order valence-corrected chi connectivity index (χ0v) is 15.5. The molecule has 26 heavy (non-hydrogen) atoms. The quantitative estimate of drug-likeness (QED) is 0.857. The number of rotatable bonds is 2. The Kier molecular flexibility index (Phi) is 3.66. The number of nitrogens with one attached hydrogen (secondary N) is 1. The topological polar surface area (TPSA) is 77.5 Å². The van der Waals surface area contributed by atoms with Crippen molar-refractivity contribution in [1.82, 2.24) is 15.2 Å². The molecule has 140 valence electrons. The van der Waals surface area contributed by atoms with Gasteiger partial charge in [-0.05, 0) is 39.5 Å². The molecule has 7 nitrogen and oxygen atoms in total. The molecule has 5 rings (SSSR count). The molecule has 0 saturated carbocycles. The minimum atomic E-state index is -0.579. The smallest absolute Gasteiger partial charge is 0.159 e. The van der Waals surface area contributed by atoms with E-state index in [2.05, 4.69) is 33.0 Å². The highest BCUT2D eigenvalue weighted by Gasteiger charge is 2.39. The molecule has 3 fully saturated rings. The highest BCUT2D eigenvalue weighted by molar-refractivity contribution is 5.91. The van der Waals surface area contributed by atoms with Crippen LogP contribution in [0.5, 0.6) is 0 Å². The van der Waals surface area contributed by atoms with Gasteiger partial charge in [-0.25, -0.2) is 4.98 Å². The first-order chi connectivity index (χ1) is 12.5. The van der Waals surface area contributed by atoms with Crippen LogP contribution in [0.2, 0.25) is 0 Å². The molecule has 0 aromatic carbocycles. The monoisotopic (exact) mass is 357 g/mol. The third-order valence-electron chi connectivity index (χ3n) is 6.36. The largest absolute Gasteiger partial charge is 0.390 e. The van der Waals surface area contributed by atoms with E-state index in [0.29, 0.717) is 12.1 Å². The molecule has 3 unspecified atom stereocenters. The van der Waals surface area contributed by atoms with Crippen LogP contribution in [0, 0.1) is 0 Å². The lowest BCUT2D eigenvalue weighted by atomic mass is 9.88. The van der Waals surface area contributed by atoms with Crippen molar-refractivity contribution in [2.75, 3.05) is 29.6 Å². The molecule has 2 N–H and O–H groups in total. The molecular weight excluding hydrogens is 330 g/mol. The maximum absolute atomic E-state index is 10.4. The molecule has 3 aliphatic heterocycles. The lowest BCUT2D eigenvalue weighted by Gasteiger charge is -2.43. The molecule has 2 aromatic heterocycles. The number of pyridine rings is 1. The fraction of sp³-hybridized carbons (Fsp3) is 0.684. The number of fused-ring (bicyclic) bond motifs is 3. The SMILES string of the molecule is C[C@@H]1CC(C)(O)CCN1c1cc(N2C3CCC2COC3)nc2[nH]ncc12. The van der Waals surface area contributed by atoms with Gasteiger partial charge in [-0.1, -0.05) is 0 Å². The fourth-order valence-corrected chi connectivity index (χ4v) is 5.06. The van der Waals surface area contributed by atoms with E-state index < -0.39 is 5.60 Å². The predicted octanol–water partition coefficient (Wildman–Crippen LogP) is 2.07. The summed E-state index contributed by atoms with van der Waals surface area (Å²) >= 11 is 0. The molecule has 2 bridgehead atoms. The summed E-state index contributed by atoms with van der Waals surface area (Å²) in [5.41, 5.74) is 1.44. The molecule has 0 radical (unpaired) electrons. The van der Waals surface area contributed by atoms with Crippen LogP contribution in [0.4, 0.5) is 11.5 Å². The van der Waals surface area contributed by atoms with Gasteiger partial charge in [-0.15, -0.1) is 0 Å². The molecular formula is C19H27N5O2. The second-order valence-corrected chi connectivity index (χ2v) is 8.46. The lowest BCUT2D eigenvalue weighted by molar-refractivity contribution is 0.0242. The first-order valence-electron chi connectivity index (χ1n) is 9.71. The third kappa shape index (κ3) is 2.56. The summed E-state index contributed by atoms with van der Waals surface area (Å²) in [4.78, 5) is 9.75. The summed E-state index contributed by atoms with van der Waals surface area (Å²) in [6, 6.07) is 3.35. The number of hydrogen-bond acceptors (Lipinski definition) is 6. The summed E-state index contributed by atoms with van der Waals surface area (Å²) in [7, 11) is 0. The number of aliphatic hydroxyl groups is 1. The molecule has 3 saturated heterocycles. The second-order valence-electron chi connectivity index (χ2n) is 8.46. The first-order valence-corrected chi connectivity index (χ1v) is 9.71. The van der Waals surface area contributed by atoms with Crippen molar-refractivity contribution < 1.29 is 9.84 Å². The van der Waals surface area contributed by atoms with Crippen molar-refractivity contribution in [1.29, 1.82) is 0 Å². The highest BCUT2D eigenvalue weighted by atomic mass is 16.5. The first kappa shape index (κ1) is 16.3. The Labute approximate surface area is 153 Å². The third-order valence-corrected chi connectivity index (χ3v) is 6.36. The Balaban J connectivity index is 1.56. The van der Waals surface area contributed by atoms with E-state index in [1.807, 2.05) is 13.1 Å². The molecule has 4 atom stereocenters. The maximum Gasteiger partial charge on any atom is 0.159 e. The number of H-pyrrole nitrogens is 1. The van der Waals surface area contributed by atoms with E-state index in [4.69, 9.17) is 9.72 Å². The van der Waals surface area contributed by atoms with Crippen molar-refractivity contribution in [2.24, 2.45) is 0 Å². The van der Waals surface area contributed by atoms with Crippen LogP contribution in [0.25, 0.3) is 11.0 Å². The van der Waals surface area contributed by atoms with Gasteiger partial charge in [0, 0.05) is 18.7 Å². The zero-order chi connectivity index (χ0) is 17.9. The van der Waals surface area contributed by atoms with E-state index >= 15 is 0 Å². The Morgan fingerprint density at radius 3 is 2.81 bits per heavy atom. The standard InChI is InChI=1S/C19H27N5O2/c1-12-8-19(2,25)5-6-23(12)16-7-17(21-18-15(16)9-20-22-18)24-13-3-4-14(24)11-26-10-13/h7,9,12-14,25H,3-6,8,10-11H2,1-2H3,(H,20,21,22)/t12-,13?,14?,19?/m1/s1. The van der Waals surface area contributed by atoms with Crippen LogP contribution < -0.4 is 9.80 Å². The van der Waals surface area contributed by atoms with Gasteiger partial charge in [0.15, 0.2) is 5.65 Å². The average Bonchev–Trinajstić information content (AvgIpc) is 3.15. The second kappa shape index (κ2) is 5.82. The van der Waals surface area contributed by atoms with Gasteiger partial charge in [0.1, 0.15) is 5.82 Å². The van der Waals surface area contributed by atoms with Crippen LogP contribution in [0.1, 0.15) is 39.5 Å². The summed E-state index contributed by atoms with van der Waals surface area (Å²) in [6.07, 6.45) is 5.76. The number of nitrogens with zero attached hydrogens (tertiary/aromatic N) is 4. The number of anilines is 2. The normalized spacial score (nSPS) is 34.7. The fourth-order valence-electron chi connectivity index (χ4n) is 5.06. The summed E-state index contributed by atoms with van der Waals surface area (Å²) in [5.74, 6) is 1.03. The lowest BCUT2D eigenvalue weighted by Crippen LogP contribution is -2.48. The molecule has 0 aliphatic carbocycles. The average molecular weight is 357 g/mol. The number of aromatic amines is 1. The molecule has 5 heterocycles. The van der Waals surface area contributed by atoms with Crippen LogP contribution in [-0.4, -0.2) is 63.8 Å². The van der Waals surface area contributed by atoms with E-state index in [0.717, 1.165) is 49.5 Å². The summed E-state index contributed by atoms with van der Waals surface area (Å²) in [5, 5.41) is 18.8. The Morgan fingerprint density at radius 1 is 1.31 bits per heavy atom. The highest BCUT2D eigenvalue weighted by Crippen LogP contribution is 2.39. The molecule has 3 aliphatic rings. The van der Waals surface area contributed by atoms with Crippen LogP contribution in [0.15, 0.2) is 12.3 Å². The number of hydrogen-bond donors (Lipinski definition) is 2. The molecule has 2 aromatic rings. The van der Waals surface area contributed by atoms with Gasteiger partial charge in [-0.2, -0.15) is 5.10 Å². The summed E-state index contributed by atoms with van der Waals surface area (Å²) in [6.45, 7) is 6.55. The summed E-state index contributed by atoms with van der Waals surface area (Å²) < 4.78 is 5.74. The van der Waals surface area contributed by atoms with E-state index in [1.165, 1.54) is 18.5 Å². The molecule has 0 amide bonds. The van der Waals surface area contributed by atoms with Gasteiger partial charge in [-0.3, -0.25) is 5.10 Å². The predicted molar refractivity (Wildman–Crippen MR) is 101 cm³/mol. The minimum Gasteiger partial charge on any atom is -0.390 e. The zero-order valence-electron chi connectivity index (χ0n) is 15.5. The van der Waals surface area contributed by atoms with Gasteiger partial charge >= 0.3 is 0 Å². The van der Waals surface area contributed by atoms with Gasteiger partial charge < -0.3 is 19.6 Å². The Hall–Kier alpha value is -1.86.